The maximum atomic E-state index is 12.5. The number of rotatable bonds is 7. The molecule has 116 valence electrons. The number of hydrogen-bond acceptors (Lipinski definition) is 5. The van der Waals surface area contributed by atoms with Gasteiger partial charge in [-0.05, 0) is 24.5 Å². The molecular weight excluding hydrogens is 308 g/mol. The van der Waals surface area contributed by atoms with Gasteiger partial charge in [0.25, 0.3) is 0 Å². The highest BCUT2D eigenvalue weighted by Gasteiger charge is 2.24. The maximum absolute atomic E-state index is 12.5. The van der Waals surface area contributed by atoms with Crippen LogP contribution in [0.15, 0.2) is 28.7 Å². The highest BCUT2D eigenvalue weighted by atomic mass is 32.2. The largest absolute Gasteiger partial charge is 0.250 e. The third-order valence-corrected chi connectivity index (χ3v) is 6.40. The molecule has 6 nitrogen and oxygen atoms in total. The van der Waals surface area contributed by atoms with Gasteiger partial charge in [-0.15, -0.1) is 11.3 Å². The molecule has 2 aromatic heterocycles. The van der Waals surface area contributed by atoms with E-state index in [2.05, 4.69) is 14.9 Å². The first-order valence-corrected chi connectivity index (χ1v) is 9.17. The lowest BCUT2D eigenvalue weighted by molar-refractivity contribution is 0.361. The van der Waals surface area contributed by atoms with Gasteiger partial charge in [0, 0.05) is 10.9 Å². The van der Waals surface area contributed by atoms with Crippen LogP contribution < -0.4 is 4.72 Å². The fraction of sp³-hybridized carbons (Fsp3) is 0.538. The van der Waals surface area contributed by atoms with Gasteiger partial charge in [-0.3, -0.25) is 0 Å². The molecule has 1 N–H and O–H groups in total. The van der Waals surface area contributed by atoms with E-state index < -0.39 is 10.0 Å². The van der Waals surface area contributed by atoms with Crippen molar-refractivity contribution in [2.75, 3.05) is 0 Å². The topological polar surface area (TPSA) is 76.9 Å². The second-order valence-corrected chi connectivity index (χ2v) is 8.24. The van der Waals surface area contributed by atoms with Crippen molar-refractivity contribution in [3.8, 4) is 0 Å². The van der Waals surface area contributed by atoms with Crippen LogP contribution in [0, 0.1) is 5.92 Å². The summed E-state index contributed by atoms with van der Waals surface area (Å²) in [6.45, 7) is 6.37. The summed E-state index contributed by atoms with van der Waals surface area (Å²) in [6, 6.07) is 3.27. The highest BCUT2D eigenvalue weighted by Crippen LogP contribution is 2.22. The summed E-state index contributed by atoms with van der Waals surface area (Å²) in [5, 5.41) is 8.06. The first-order valence-electron chi connectivity index (χ1n) is 6.87. The second-order valence-electron chi connectivity index (χ2n) is 5.13. The molecule has 2 rings (SSSR count). The minimum Gasteiger partial charge on any atom is -0.206 e. The van der Waals surface area contributed by atoms with Crippen LogP contribution in [-0.4, -0.2) is 29.5 Å². The first-order chi connectivity index (χ1) is 9.92. The Morgan fingerprint density at radius 3 is 2.48 bits per heavy atom. The Morgan fingerprint density at radius 1 is 1.29 bits per heavy atom. The number of aromatic nitrogens is 3. The van der Waals surface area contributed by atoms with Crippen molar-refractivity contribution in [2.45, 2.75) is 44.0 Å². The predicted octanol–water partition coefficient (Wildman–Crippen LogP) is 1.91. The zero-order valence-corrected chi connectivity index (χ0v) is 14.0. The van der Waals surface area contributed by atoms with Crippen LogP contribution in [0.25, 0.3) is 0 Å². The van der Waals surface area contributed by atoms with Gasteiger partial charge in [-0.1, -0.05) is 20.8 Å². The molecule has 0 aliphatic rings. The molecule has 1 atom stereocenters. The van der Waals surface area contributed by atoms with Gasteiger partial charge in [0.05, 0.1) is 18.9 Å². The average molecular weight is 328 g/mol. The van der Waals surface area contributed by atoms with Crippen molar-refractivity contribution in [3.05, 3.63) is 29.4 Å². The second kappa shape index (κ2) is 6.67. The van der Waals surface area contributed by atoms with Crippen molar-refractivity contribution in [3.63, 3.8) is 0 Å². The van der Waals surface area contributed by atoms with Crippen LogP contribution in [0.1, 0.15) is 25.6 Å². The highest BCUT2D eigenvalue weighted by molar-refractivity contribution is 7.91. The van der Waals surface area contributed by atoms with Gasteiger partial charge >= 0.3 is 0 Å². The average Bonchev–Trinajstić information content (AvgIpc) is 3.08. The van der Waals surface area contributed by atoms with Gasteiger partial charge in [-0.2, -0.15) is 15.0 Å². The van der Waals surface area contributed by atoms with E-state index >= 15 is 0 Å². The summed E-state index contributed by atoms with van der Waals surface area (Å²) >= 11 is 1.31. The minimum absolute atomic E-state index is 0.136. The Labute approximate surface area is 129 Å². The normalized spacial score (nSPS) is 13.7. The number of nitrogens with one attached hydrogen (secondary N) is 1. The van der Waals surface area contributed by atoms with E-state index in [1.165, 1.54) is 16.1 Å². The number of sulfonamides is 1. The molecule has 0 fully saturated rings. The fourth-order valence-corrected chi connectivity index (χ4v) is 4.54. The van der Waals surface area contributed by atoms with Gasteiger partial charge in [0.15, 0.2) is 0 Å². The molecule has 0 spiro atoms. The van der Waals surface area contributed by atoms with E-state index in [0.717, 1.165) is 11.3 Å². The van der Waals surface area contributed by atoms with Gasteiger partial charge in [0.2, 0.25) is 10.0 Å². The summed E-state index contributed by atoms with van der Waals surface area (Å²) in [4.78, 5) is 2.56. The summed E-state index contributed by atoms with van der Waals surface area (Å²) in [6.07, 6.45) is 4.00. The standard InChI is InChI=1S/C13H20N4O2S2/c1-4-11-5-6-13(20-11)21(18,19)16-12(10(2)3)9-17-14-7-8-15-17/h5-8,10,12,16H,4,9H2,1-3H3/t12-/m1/s1. The predicted molar refractivity (Wildman–Crippen MR) is 82.7 cm³/mol. The van der Waals surface area contributed by atoms with E-state index in [0.29, 0.717) is 10.8 Å². The van der Waals surface area contributed by atoms with Crippen molar-refractivity contribution < 1.29 is 8.42 Å². The Balaban J connectivity index is 2.15. The number of nitrogens with zero attached hydrogens (tertiary/aromatic N) is 3. The number of hydrogen-bond donors (Lipinski definition) is 1. The maximum Gasteiger partial charge on any atom is 0.250 e. The number of aryl methyl sites for hydroxylation is 1. The van der Waals surface area contributed by atoms with Crippen LogP contribution >= 0.6 is 11.3 Å². The summed E-state index contributed by atoms with van der Waals surface area (Å²) in [5.41, 5.74) is 0. The van der Waals surface area contributed by atoms with Crippen LogP contribution in [-0.2, 0) is 23.0 Å². The lowest BCUT2D eigenvalue weighted by atomic mass is 10.1. The number of thiophene rings is 1. The third-order valence-electron chi connectivity index (χ3n) is 3.19. The Morgan fingerprint density at radius 2 is 1.95 bits per heavy atom. The Bertz CT molecular complexity index is 662. The minimum atomic E-state index is -3.50. The third kappa shape index (κ3) is 4.12. The van der Waals surface area contributed by atoms with E-state index in [9.17, 15) is 8.42 Å². The summed E-state index contributed by atoms with van der Waals surface area (Å²) in [5.74, 6) is 0.136. The Kier molecular flexibility index (Phi) is 5.13. The van der Waals surface area contributed by atoms with Gasteiger partial charge in [-0.25, -0.2) is 13.1 Å². The molecule has 0 saturated carbocycles. The van der Waals surface area contributed by atoms with Crippen molar-refractivity contribution in [1.82, 2.24) is 19.7 Å². The van der Waals surface area contributed by atoms with E-state index in [1.54, 1.807) is 18.5 Å². The molecular formula is C13H20N4O2S2. The molecule has 2 aromatic rings. The van der Waals surface area contributed by atoms with Crippen molar-refractivity contribution >= 4 is 21.4 Å². The molecule has 0 amide bonds. The molecule has 0 bridgehead atoms. The fourth-order valence-electron chi connectivity index (χ4n) is 1.85. The van der Waals surface area contributed by atoms with Crippen LogP contribution in [0.4, 0.5) is 0 Å². The zero-order chi connectivity index (χ0) is 15.5. The Hall–Kier alpha value is -1.25. The van der Waals surface area contributed by atoms with E-state index in [4.69, 9.17) is 0 Å². The van der Waals surface area contributed by atoms with E-state index in [-0.39, 0.29) is 12.0 Å². The summed E-state index contributed by atoms with van der Waals surface area (Å²) in [7, 11) is -3.50. The lowest BCUT2D eigenvalue weighted by Crippen LogP contribution is -2.41. The van der Waals surface area contributed by atoms with Crippen molar-refractivity contribution in [2.24, 2.45) is 5.92 Å². The molecule has 0 saturated heterocycles. The van der Waals surface area contributed by atoms with E-state index in [1.807, 2.05) is 26.8 Å². The summed E-state index contributed by atoms with van der Waals surface area (Å²) < 4.78 is 28.0. The molecule has 2 heterocycles. The first kappa shape index (κ1) is 16.1. The molecule has 21 heavy (non-hydrogen) atoms. The molecule has 0 aromatic carbocycles. The van der Waals surface area contributed by atoms with Gasteiger partial charge < -0.3 is 0 Å². The molecule has 0 aliphatic carbocycles. The molecule has 0 radical (unpaired) electrons. The molecule has 8 heteroatoms. The van der Waals surface area contributed by atoms with Crippen molar-refractivity contribution in [1.29, 1.82) is 0 Å². The van der Waals surface area contributed by atoms with Gasteiger partial charge in [0.1, 0.15) is 4.21 Å². The monoisotopic (exact) mass is 328 g/mol. The van der Waals surface area contributed by atoms with Crippen LogP contribution in [0.3, 0.4) is 0 Å². The quantitative estimate of drug-likeness (QED) is 0.842. The van der Waals surface area contributed by atoms with Crippen LogP contribution in [0.2, 0.25) is 0 Å². The smallest absolute Gasteiger partial charge is 0.206 e. The lowest BCUT2D eigenvalue weighted by Gasteiger charge is -2.21. The SMILES string of the molecule is CCc1ccc(S(=O)(=O)N[C@H](Cn2nccn2)C(C)C)s1. The molecule has 0 unspecified atom stereocenters. The zero-order valence-electron chi connectivity index (χ0n) is 12.4. The molecule has 0 aliphatic heterocycles. The van der Waals surface area contributed by atoms with Crippen LogP contribution in [0.5, 0.6) is 0 Å².